The molecule has 0 bridgehead atoms. The van der Waals surface area contributed by atoms with Crippen LogP contribution in [-0.2, 0) is 33.3 Å². The highest BCUT2D eigenvalue weighted by molar-refractivity contribution is 6.02. The molecule has 3 saturated carbocycles. The molecule has 208 valence electrons. The van der Waals surface area contributed by atoms with E-state index < -0.39 is 41.1 Å². The average molecular weight is 531 g/mol. The molecule has 0 unspecified atom stereocenters. The molecule has 4 aliphatic carbocycles. The van der Waals surface area contributed by atoms with Crippen LogP contribution in [-0.4, -0.2) is 55.1 Å². The van der Waals surface area contributed by atoms with Crippen molar-refractivity contribution in [1.29, 1.82) is 0 Å². The number of hydrogen-bond acceptors (Lipinski definition) is 9. The minimum atomic E-state index is -1.68. The van der Waals surface area contributed by atoms with Gasteiger partial charge in [-0.1, -0.05) is 38.8 Å². The molecule has 0 N–H and O–H groups in total. The fourth-order valence-corrected chi connectivity index (χ4v) is 7.57. The molecule has 4 aliphatic rings. The number of carbonyl (C=O) groups excluding carboxylic acids is 5. The summed E-state index contributed by atoms with van der Waals surface area (Å²) in [4.78, 5) is 64.4. The van der Waals surface area contributed by atoms with Crippen LogP contribution in [0.1, 0.15) is 72.6 Å². The highest BCUT2D eigenvalue weighted by Gasteiger charge is 2.70. The summed E-state index contributed by atoms with van der Waals surface area (Å²) < 4.78 is 21.0. The molecule has 0 aromatic carbocycles. The van der Waals surface area contributed by atoms with Crippen molar-refractivity contribution in [1.82, 2.24) is 0 Å². The molecule has 0 aromatic heterocycles. The summed E-state index contributed by atoms with van der Waals surface area (Å²) in [7, 11) is 0. The molecule has 0 amide bonds. The molecular weight excluding hydrogens is 492 g/mol. The summed E-state index contributed by atoms with van der Waals surface area (Å²) in [5, 5.41) is 0. The molecule has 0 aliphatic heterocycles. The van der Waals surface area contributed by atoms with Gasteiger partial charge in [-0.25, -0.2) is 9.59 Å². The number of ketones is 3. The molecule has 0 saturated heterocycles. The van der Waals surface area contributed by atoms with Crippen molar-refractivity contribution in [2.75, 3.05) is 19.8 Å². The van der Waals surface area contributed by atoms with Gasteiger partial charge in [0.15, 0.2) is 18.0 Å². The number of carbonyl (C=O) groups is 5. The Balaban J connectivity index is 1.66. The minimum absolute atomic E-state index is 0.0193. The summed E-state index contributed by atoms with van der Waals surface area (Å²) >= 11 is 0. The van der Waals surface area contributed by atoms with Crippen molar-refractivity contribution in [2.24, 2.45) is 28.6 Å². The molecule has 9 heteroatoms. The van der Waals surface area contributed by atoms with Gasteiger partial charge in [0, 0.05) is 23.2 Å². The summed E-state index contributed by atoms with van der Waals surface area (Å²) in [6.45, 7) is 7.04. The number of ether oxygens (including phenoxy) is 4. The van der Waals surface area contributed by atoms with Crippen molar-refractivity contribution < 1.29 is 42.9 Å². The third-order valence-electron chi connectivity index (χ3n) is 9.39. The Hall–Kier alpha value is -2.97. The van der Waals surface area contributed by atoms with Crippen molar-refractivity contribution in [2.45, 2.75) is 78.2 Å². The zero-order chi connectivity index (χ0) is 27.7. The zero-order valence-corrected chi connectivity index (χ0v) is 22.7. The SMILES string of the molecule is CCCCOC(=O)O[C@]1(C(=O)COC(=O)OCC)CC[C@H]2[C@@H]3CCC4=CC(=O)C=C[C@]4(C)[C@H]3C(=O)C[C@@]21C. The molecule has 3 fully saturated rings. The van der Waals surface area contributed by atoms with Crippen LogP contribution in [0, 0.1) is 28.6 Å². The second kappa shape index (κ2) is 10.7. The summed E-state index contributed by atoms with van der Waals surface area (Å²) in [6, 6.07) is 0. The van der Waals surface area contributed by atoms with Crippen LogP contribution in [0.4, 0.5) is 9.59 Å². The van der Waals surface area contributed by atoms with Gasteiger partial charge < -0.3 is 18.9 Å². The van der Waals surface area contributed by atoms with Crippen molar-refractivity contribution in [3.63, 3.8) is 0 Å². The highest BCUT2D eigenvalue weighted by Crippen LogP contribution is 2.67. The Labute approximate surface area is 223 Å². The Morgan fingerprint density at radius 3 is 2.50 bits per heavy atom. The lowest BCUT2D eigenvalue weighted by Gasteiger charge is -2.57. The van der Waals surface area contributed by atoms with E-state index in [4.69, 9.17) is 18.9 Å². The lowest BCUT2D eigenvalue weighted by Crippen LogP contribution is -2.62. The van der Waals surface area contributed by atoms with Crippen LogP contribution >= 0.6 is 0 Å². The van der Waals surface area contributed by atoms with Crippen molar-refractivity contribution in [3.05, 3.63) is 23.8 Å². The minimum Gasteiger partial charge on any atom is -0.435 e. The summed E-state index contributed by atoms with van der Waals surface area (Å²) in [5.41, 5.74) is -2.27. The molecule has 0 radical (unpaired) electrons. The summed E-state index contributed by atoms with van der Waals surface area (Å²) in [5.74, 6) is -1.14. The highest BCUT2D eigenvalue weighted by atomic mass is 16.7. The van der Waals surface area contributed by atoms with Gasteiger partial charge in [-0.3, -0.25) is 14.4 Å². The van der Waals surface area contributed by atoms with Crippen LogP contribution < -0.4 is 0 Å². The van der Waals surface area contributed by atoms with E-state index in [2.05, 4.69) is 0 Å². The van der Waals surface area contributed by atoms with Gasteiger partial charge in [0.2, 0.25) is 5.78 Å². The van der Waals surface area contributed by atoms with Gasteiger partial charge in [0.05, 0.1) is 13.2 Å². The predicted octanol–water partition coefficient (Wildman–Crippen LogP) is 4.91. The van der Waals surface area contributed by atoms with Gasteiger partial charge >= 0.3 is 12.3 Å². The Morgan fingerprint density at radius 1 is 1.03 bits per heavy atom. The Morgan fingerprint density at radius 2 is 1.79 bits per heavy atom. The Kier molecular flexibility index (Phi) is 7.86. The molecule has 0 heterocycles. The lowest BCUT2D eigenvalue weighted by molar-refractivity contribution is -0.173. The van der Waals surface area contributed by atoms with E-state index in [1.54, 1.807) is 13.0 Å². The van der Waals surface area contributed by atoms with Crippen LogP contribution in [0.3, 0.4) is 0 Å². The van der Waals surface area contributed by atoms with E-state index >= 15 is 0 Å². The van der Waals surface area contributed by atoms with E-state index in [9.17, 15) is 24.0 Å². The van der Waals surface area contributed by atoms with Crippen LogP contribution in [0.5, 0.6) is 0 Å². The monoisotopic (exact) mass is 530 g/mol. The van der Waals surface area contributed by atoms with Gasteiger partial charge in [-0.2, -0.15) is 0 Å². The van der Waals surface area contributed by atoms with E-state index in [-0.39, 0.29) is 55.4 Å². The Bertz CT molecular complexity index is 1070. The van der Waals surface area contributed by atoms with E-state index in [1.165, 1.54) is 6.08 Å². The normalized spacial score (nSPS) is 35.4. The number of Topliss-reactive ketones (excluding diaryl/α,β-unsaturated/α-hetero) is 2. The molecular formula is C29H38O9. The quantitative estimate of drug-likeness (QED) is 0.318. The number of allylic oxidation sites excluding steroid dienone is 4. The molecule has 6 atom stereocenters. The first kappa shape index (κ1) is 28.0. The topological polar surface area (TPSA) is 122 Å². The number of fused-ring (bicyclic) bond motifs is 5. The fraction of sp³-hybridized carbons (Fsp3) is 0.690. The fourth-order valence-electron chi connectivity index (χ4n) is 7.57. The first-order chi connectivity index (χ1) is 18.0. The van der Waals surface area contributed by atoms with Crippen LogP contribution in [0.25, 0.3) is 0 Å². The second-order valence-electron chi connectivity index (χ2n) is 11.3. The number of unbranched alkanes of at least 4 members (excludes halogenated alkanes) is 1. The third kappa shape index (κ3) is 4.58. The largest absolute Gasteiger partial charge is 0.509 e. The van der Waals surface area contributed by atoms with E-state index in [0.717, 1.165) is 12.0 Å². The molecule has 9 nitrogen and oxygen atoms in total. The molecule has 4 rings (SSSR count). The average Bonchev–Trinajstić information content (AvgIpc) is 3.15. The second-order valence-corrected chi connectivity index (χ2v) is 11.3. The molecule has 38 heavy (non-hydrogen) atoms. The maximum absolute atomic E-state index is 13.9. The van der Waals surface area contributed by atoms with Gasteiger partial charge in [0.25, 0.3) is 0 Å². The smallest absolute Gasteiger partial charge is 0.435 e. The lowest BCUT2D eigenvalue weighted by atomic mass is 9.46. The third-order valence-corrected chi connectivity index (χ3v) is 9.39. The van der Waals surface area contributed by atoms with E-state index in [0.29, 0.717) is 25.7 Å². The maximum Gasteiger partial charge on any atom is 0.509 e. The number of rotatable bonds is 8. The maximum atomic E-state index is 13.9. The molecule has 0 spiro atoms. The summed E-state index contributed by atoms with van der Waals surface area (Å²) in [6.07, 6.45) is 6.74. The first-order valence-electron chi connectivity index (χ1n) is 13.7. The van der Waals surface area contributed by atoms with Crippen molar-refractivity contribution in [3.8, 4) is 0 Å². The number of hydrogen-bond donors (Lipinski definition) is 0. The van der Waals surface area contributed by atoms with Gasteiger partial charge in [-0.05, 0) is 63.0 Å². The zero-order valence-electron chi connectivity index (χ0n) is 22.7. The molecule has 0 aromatic rings. The van der Waals surface area contributed by atoms with E-state index in [1.807, 2.05) is 26.8 Å². The van der Waals surface area contributed by atoms with Crippen LogP contribution in [0.15, 0.2) is 23.8 Å². The standard InChI is InChI=1S/C29H38O9/c1-5-7-14-36-26(34)38-29(23(32)17-37-25(33)35-6-2)13-11-21-20-9-8-18-15-19(30)10-12-27(18,3)24(20)22(31)16-28(21,29)4/h10,12,15,20-21,24H,5-9,11,13-14,16-17H2,1-4H3/t20-,21-,24+,27-,28-,29-/m0/s1. The van der Waals surface area contributed by atoms with Crippen molar-refractivity contribution >= 4 is 29.7 Å². The first-order valence-corrected chi connectivity index (χ1v) is 13.7. The van der Waals surface area contributed by atoms with Gasteiger partial charge in [-0.15, -0.1) is 0 Å². The van der Waals surface area contributed by atoms with Gasteiger partial charge in [0.1, 0.15) is 5.78 Å². The predicted molar refractivity (Wildman–Crippen MR) is 135 cm³/mol. The van der Waals surface area contributed by atoms with Crippen LogP contribution in [0.2, 0.25) is 0 Å².